The summed E-state index contributed by atoms with van der Waals surface area (Å²) in [6, 6.07) is 28.3. The quantitative estimate of drug-likeness (QED) is 0.264. The molecular formula is C30H26N4O4S. The third kappa shape index (κ3) is 6.43. The van der Waals surface area contributed by atoms with E-state index in [0.29, 0.717) is 30.0 Å². The second-order valence-electron chi connectivity index (χ2n) is 9.26. The molecule has 0 radical (unpaired) electrons. The van der Waals surface area contributed by atoms with E-state index in [1.54, 1.807) is 10.9 Å². The minimum absolute atomic E-state index is 0.0280. The maximum Gasteiger partial charge on any atom is 0.262 e. The van der Waals surface area contributed by atoms with E-state index in [0.717, 1.165) is 16.8 Å². The summed E-state index contributed by atoms with van der Waals surface area (Å²) >= 11 is 0. The third-order valence-corrected chi connectivity index (χ3v) is 8.12. The van der Waals surface area contributed by atoms with E-state index in [2.05, 4.69) is 5.32 Å². The fourth-order valence-corrected chi connectivity index (χ4v) is 6.05. The molecule has 1 N–H and O–H groups in total. The van der Waals surface area contributed by atoms with E-state index < -0.39 is 21.8 Å². The van der Waals surface area contributed by atoms with Gasteiger partial charge in [0.15, 0.2) is 9.84 Å². The molecule has 5 rings (SSSR count). The lowest BCUT2D eigenvalue weighted by molar-refractivity contribution is -0.117. The van der Waals surface area contributed by atoms with Crippen molar-refractivity contribution >= 4 is 21.8 Å². The van der Waals surface area contributed by atoms with Crippen LogP contribution < -0.4 is 10.1 Å². The molecule has 0 aliphatic carbocycles. The van der Waals surface area contributed by atoms with Crippen LogP contribution in [0.15, 0.2) is 96.7 Å². The Balaban J connectivity index is 1.47. The van der Waals surface area contributed by atoms with Gasteiger partial charge in [-0.3, -0.25) is 4.79 Å². The molecule has 1 fully saturated rings. The molecule has 1 aliphatic rings. The molecule has 2 heterocycles. The molecule has 0 bridgehead atoms. The second kappa shape index (κ2) is 11.4. The summed E-state index contributed by atoms with van der Waals surface area (Å²) in [4.78, 5) is 12.9. The minimum atomic E-state index is -3.17. The first-order valence-electron chi connectivity index (χ1n) is 12.5. The third-order valence-electron chi connectivity index (χ3n) is 6.35. The number of benzene rings is 3. The number of aromatic nitrogens is 2. The van der Waals surface area contributed by atoms with Crippen molar-refractivity contribution in [1.82, 2.24) is 15.1 Å². The van der Waals surface area contributed by atoms with Gasteiger partial charge in [-0.1, -0.05) is 60.7 Å². The molecule has 0 spiro atoms. The average molecular weight is 539 g/mol. The van der Waals surface area contributed by atoms with Gasteiger partial charge in [-0.15, -0.1) is 0 Å². The molecule has 0 saturated carbocycles. The second-order valence-corrected chi connectivity index (χ2v) is 11.5. The van der Waals surface area contributed by atoms with E-state index >= 15 is 0 Å². The Morgan fingerprint density at radius 2 is 1.82 bits per heavy atom. The number of hydrogen-bond donors (Lipinski definition) is 1. The SMILES string of the molecule is N#C/C(=C\c1cn(-c2ccccc2)nc1-c1cccc(OCc2ccccc2)c1)C(=O)N[C@H]1CCS(=O)(=O)C1. The monoisotopic (exact) mass is 538 g/mol. The van der Waals surface area contributed by atoms with Crippen LogP contribution in [-0.2, 0) is 21.2 Å². The molecule has 1 saturated heterocycles. The Kier molecular flexibility index (Phi) is 7.57. The Morgan fingerprint density at radius 1 is 1.08 bits per heavy atom. The lowest BCUT2D eigenvalue weighted by Gasteiger charge is -2.10. The Labute approximate surface area is 227 Å². The predicted molar refractivity (Wildman–Crippen MR) is 149 cm³/mol. The molecule has 3 aromatic carbocycles. The Bertz CT molecular complexity index is 1660. The summed E-state index contributed by atoms with van der Waals surface area (Å²) in [5.41, 5.74) is 3.59. The number of nitriles is 1. The standard InChI is InChI=1S/C30H26N4O4S/c31-18-24(30(35)32-26-14-15-39(36,37)21-26)16-25-19-34(27-11-5-2-6-12-27)33-29(25)23-10-7-13-28(17-23)38-20-22-8-3-1-4-9-22/h1-13,16-17,19,26H,14-15,20-21H2,(H,32,35)/b24-16+/t26-/m0/s1. The van der Waals surface area contributed by atoms with Gasteiger partial charge in [0, 0.05) is 23.4 Å². The van der Waals surface area contributed by atoms with Gasteiger partial charge in [0.2, 0.25) is 0 Å². The number of hydrogen-bond acceptors (Lipinski definition) is 6. The fraction of sp³-hybridized carbons (Fsp3) is 0.167. The zero-order valence-electron chi connectivity index (χ0n) is 21.0. The largest absolute Gasteiger partial charge is 0.489 e. The number of sulfone groups is 1. The number of carbonyl (C=O) groups is 1. The number of ether oxygens (including phenoxy) is 1. The maximum absolute atomic E-state index is 12.9. The predicted octanol–water partition coefficient (Wildman–Crippen LogP) is 4.33. The Morgan fingerprint density at radius 3 is 2.51 bits per heavy atom. The first-order valence-corrected chi connectivity index (χ1v) is 14.3. The minimum Gasteiger partial charge on any atom is -0.489 e. The molecule has 1 aromatic heterocycles. The van der Waals surface area contributed by atoms with Gasteiger partial charge >= 0.3 is 0 Å². The highest BCUT2D eigenvalue weighted by molar-refractivity contribution is 7.91. The van der Waals surface area contributed by atoms with Gasteiger partial charge in [0.05, 0.1) is 17.2 Å². The lowest BCUT2D eigenvalue weighted by atomic mass is 10.1. The van der Waals surface area contributed by atoms with Crippen molar-refractivity contribution in [3.8, 4) is 28.8 Å². The van der Waals surface area contributed by atoms with Crippen LogP contribution in [0.5, 0.6) is 5.75 Å². The first kappa shape index (κ1) is 25.9. The molecule has 8 nitrogen and oxygen atoms in total. The number of nitrogens with zero attached hydrogens (tertiary/aromatic N) is 3. The zero-order chi connectivity index (χ0) is 27.2. The summed E-state index contributed by atoms with van der Waals surface area (Å²) in [6.07, 6.45) is 3.57. The number of nitrogens with one attached hydrogen (secondary N) is 1. The molecule has 1 atom stereocenters. The average Bonchev–Trinajstić information content (AvgIpc) is 3.54. The summed E-state index contributed by atoms with van der Waals surface area (Å²) < 4.78 is 31.3. The smallest absolute Gasteiger partial charge is 0.262 e. The van der Waals surface area contributed by atoms with Gasteiger partial charge in [-0.25, -0.2) is 13.1 Å². The van der Waals surface area contributed by atoms with Gasteiger partial charge in [0.25, 0.3) is 5.91 Å². The zero-order valence-corrected chi connectivity index (χ0v) is 21.8. The van der Waals surface area contributed by atoms with E-state index in [-0.39, 0.29) is 17.1 Å². The van der Waals surface area contributed by atoms with Crippen molar-refractivity contribution in [3.05, 3.63) is 108 Å². The van der Waals surface area contributed by atoms with Crippen molar-refractivity contribution in [2.75, 3.05) is 11.5 Å². The molecular weight excluding hydrogens is 512 g/mol. The van der Waals surface area contributed by atoms with Gasteiger partial charge in [-0.05, 0) is 42.3 Å². The van der Waals surface area contributed by atoms with Crippen LogP contribution in [0, 0.1) is 11.3 Å². The molecule has 4 aromatic rings. The lowest BCUT2D eigenvalue weighted by Crippen LogP contribution is -2.36. The van der Waals surface area contributed by atoms with Gasteiger partial charge in [0.1, 0.15) is 29.7 Å². The molecule has 1 amide bonds. The topological polar surface area (TPSA) is 114 Å². The number of amides is 1. The van der Waals surface area contributed by atoms with Crippen LogP contribution in [-0.4, -0.2) is 41.7 Å². The first-order chi connectivity index (χ1) is 18.9. The molecule has 1 aliphatic heterocycles. The van der Waals surface area contributed by atoms with Crippen LogP contribution >= 0.6 is 0 Å². The van der Waals surface area contributed by atoms with E-state index in [1.165, 1.54) is 6.08 Å². The van der Waals surface area contributed by atoms with Crippen molar-refractivity contribution in [2.45, 2.75) is 19.1 Å². The van der Waals surface area contributed by atoms with Crippen LogP contribution in [0.1, 0.15) is 17.5 Å². The summed E-state index contributed by atoms with van der Waals surface area (Å²) in [5.74, 6) is -0.0517. The van der Waals surface area contributed by atoms with Gasteiger partial charge < -0.3 is 10.1 Å². The molecule has 0 unspecified atom stereocenters. The van der Waals surface area contributed by atoms with Crippen LogP contribution in [0.3, 0.4) is 0 Å². The van der Waals surface area contributed by atoms with Crippen molar-refractivity contribution in [1.29, 1.82) is 5.26 Å². The highest BCUT2D eigenvalue weighted by Crippen LogP contribution is 2.29. The van der Waals surface area contributed by atoms with Crippen molar-refractivity contribution in [3.63, 3.8) is 0 Å². The highest BCUT2D eigenvalue weighted by Gasteiger charge is 2.29. The van der Waals surface area contributed by atoms with Crippen LogP contribution in [0.2, 0.25) is 0 Å². The summed E-state index contributed by atoms with van der Waals surface area (Å²) in [7, 11) is -3.17. The van der Waals surface area contributed by atoms with E-state index in [9.17, 15) is 18.5 Å². The van der Waals surface area contributed by atoms with Crippen LogP contribution in [0.25, 0.3) is 23.0 Å². The van der Waals surface area contributed by atoms with Crippen molar-refractivity contribution < 1.29 is 17.9 Å². The Hall–Kier alpha value is -4.68. The van der Waals surface area contributed by atoms with E-state index in [1.807, 2.05) is 91.0 Å². The molecule has 196 valence electrons. The van der Waals surface area contributed by atoms with Crippen LogP contribution in [0.4, 0.5) is 0 Å². The van der Waals surface area contributed by atoms with E-state index in [4.69, 9.17) is 9.84 Å². The number of carbonyl (C=O) groups excluding carboxylic acids is 1. The molecule has 9 heteroatoms. The maximum atomic E-state index is 12.9. The summed E-state index contributed by atoms with van der Waals surface area (Å²) in [5, 5.41) is 17.3. The fourth-order valence-electron chi connectivity index (χ4n) is 4.38. The normalized spacial score (nSPS) is 16.4. The summed E-state index contributed by atoms with van der Waals surface area (Å²) in [6.45, 7) is 0.408. The number of para-hydroxylation sites is 1. The number of rotatable bonds is 8. The highest BCUT2D eigenvalue weighted by atomic mass is 32.2. The van der Waals surface area contributed by atoms with Crippen molar-refractivity contribution in [2.24, 2.45) is 0 Å². The van der Waals surface area contributed by atoms with Gasteiger partial charge in [-0.2, -0.15) is 10.4 Å². The molecule has 39 heavy (non-hydrogen) atoms.